The molecule has 1 fully saturated rings. The average Bonchev–Trinajstić information content (AvgIpc) is 3.22. The van der Waals surface area contributed by atoms with Crippen molar-refractivity contribution in [3.05, 3.63) is 40.7 Å². The number of fused-ring (bicyclic) bond motifs is 1. The maximum absolute atomic E-state index is 13.8. The number of carbonyl (C=O) groups excluding carboxylic acids is 2. The van der Waals surface area contributed by atoms with Crippen molar-refractivity contribution in [2.24, 2.45) is 16.9 Å². The minimum atomic E-state index is -4.58. The third kappa shape index (κ3) is 8.66. The summed E-state index contributed by atoms with van der Waals surface area (Å²) in [5, 5.41) is 7.26. The zero-order valence-electron chi connectivity index (χ0n) is 23.1. The predicted molar refractivity (Wildman–Crippen MR) is 145 cm³/mol. The molecule has 0 bridgehead atoms. The van der Waals surface area contributed by atoms with Crippen molar-refractivity contribution >= 4 is 27.7 Å². The molecule has 2 atom stereocenters. The molecule has 1 saturated carbocycles. The Balaban J connectivity index is 0.000000850. The third-order valence-electron chi connectivity index (χ3n) is 7.06. The molecule has 0 aliphatic heterocycles. The van der Waals surface area contributed by atoms with Crippen LogP contribution < -0.4 is 16.8 Å². The molecule has 15 heteroatoms. The number of ether oxygens (including phenoxy) is 1. The van der Waals surface area contributed by atoms with E-state index in [9.17, 15) is 31.2 Å². The number of carbonyl (C=O) groups is 2. The van der Waals surface area contributed by atoms with Gasteiger partial charge >= 0.3 is 12.1 Å². The number of anilines is 1. The van der Waals surface area contributed by atoms with E-state index in [2.05, 4.69) is 10.4 Å². The van der Waals surface area contributed by atoms with Crippen LogP contribution in [0.15, 0.2) is 18.2 Å². The Kier molecular flexibility index (Phi) is 9.76. The van der Waals surface area contributed by atoms with Crippen LogP contribution >= 0.6 is 0 Å². The topological polar surface area (TPSA) is 180 Å². The summed E-state index contributed by atoms with van der Waals surface area (Å²) in [5.41, 5.74) is 11.6. The van der Waals surface area contributed by atoms with Crippen LogP contribution in [0, 0.1) is 5.41 Å². The zero-order chi connectivity index (χ0) is 30.8. The maximum Gasteiger partial charge on any atom is 0.435 e. The van der Waals surface area contributed by atoms with Crippen LogP contribution in [0.2, 0.25) is 0 Å². The highest BCUT2D eigenvalue weighted by Crippen LogP contribution is 2.42. The van der Waals surface area contributed by atoms with Crippen molar-refractivity contribution in [1.82, 2.24) is 9.78 Å². The van der Waals surface area contributed by atoms with E-state index in [1.54, 1.807) is 12.1 Å². The van der Waals surface area contributed by atoms with Gasteiger partial charge in [-0.25, -0.2) is 4.68 Å². The Hall–Kier alpha value is -3.17. The maximum atomic E-state index is 13.8. The van der Waals surface area contributed by atoms with E-state index < -0.39 is 40.0 Å². The van der Waals surface area contributed by atoms with Gasteiger partial charge in [-0.05, 0) is 62.1 Å². The number of alkyl halides is 3. The Bertz CT molecular complexity index is 1380. The highest BCUT2D eigenvalue weighted by atomic mass is 32.2. The molecule has 2 aliphatic carbocycles. The van der Waals surface area contributed by atoms with Gasteiger partial charge in [0.2, 0.25) is 0 Å². The molecule has 228 valence electrons. The number of primary amides is 1. The second-order valence-electron chi connectivity index (χ2n) is 11.1. The van der Waals surface area contributed by atoms with Gasteiger partial charge in [-0.2, -0.15) is 26.7 Å². The first-order valence-electron chi connectivity index (χ1n) is 13.1. The van der Waals surface area contributed by atoms with Gasteiger partial charge in [0.25, 0.3) is 16.0 Å². The molecule has 2 unspecified atom stereocenters. The van der Waals surface area contributed by atoms with Gasteiger partial charge in [0, 0.05) is 16.9 Å². The van der Waals surface area contributed by atoms with E-state index in [-0.39, 0.29) is 35.5 Å². The molecule has 0 spiro atoms. The van der Waals surface area contributed by atoms with Crippen molar-refractivity contribution in [3.63, 3.8) is 0 Å². The fourth-order valence-corrected chi connectivity index (χ4v) is 5.19. The fraction of sp³-hybridized carbons (Fsp3) is 0.577. The molecule has 1 aromatic carbocycles. The molecular weight excluding hydrogens is 567 g/mol. The van der Waals surface area contributed by atoms with Gasteiger partial charge in [-0.1, -0.05) is 20.3 Å². The van der Waals surface area contributed by atoms with E-state index in [1.165, 1.54) is 10.7 Å². The second kappa shape index (κ2) is 12.4. The van der Waals surface area contributed by atoms with Crippen LogP contribution in [-0.4, -0.2) is 59.6 Å². The summed E-state index contributed by atoms with van der Waals surface area (Å²) >= 11 is 0. The number of halogens is 3. The lowest BCUT2D eigenvalue weighted by atomic mass is 9.76. The van der Waals surface area contributed by atoms with Crippen LogP contribution in [0.4, 0.5) is 18.9 Å². The zero-order valence-corrected chi connectivity index (χ0v) is 23.9. The number of hydrogen-bond donors (Lipinski definition) is 4. The molecule has 0 saturated heterocycles. The molecule has 11 nitrogen and oxygen atoms in total. The van der Waals surface area contributed by atoms with E-state index in [0.29, 0.717) is 49.0 Å². The van der Waals surface area contributed by atoms with E-state index in [1.807, 2.05) is 13.8 Å². The summed E-state index contributed by atoms with van der Waals surface area (Å²) in [5.74, 6) is -1.21. The van der Waals surface area contributed by atoms with Crippen molar-refractivity contribution in [1.29, 1.82) is 0 Å². The van der Waals surface area contributed by atoms with Crippen molar-refractivity contribution in [2.75, 3.05) is 18.1 Å². The number of nitrogens with zero attached hydrogens (tertiary/aromatic N) is 2. The van der Waals surface area contributed by atoms with Crippen LogP contribution in [0.1, 0.15) is 73.3 Å². The summed E-state index contributed by atoms with van der Waals surface area (Å²) in [6, 6.07) is 4.32. The molecule has 2 aliphatic rings. The normalized spacial score (nSPS) is 20.3. The number of amides is 1. The fourth-order valence-electron chi connectivity index (χ4n) is 5.19. The second-order valence-corrected chi connectivity index (χ2v) is 12.6. The van der Waals surface area contributed by atoms with Crippen LogP contribution in [0.3, 0.4) is 0 Å². The van der Waals surface area contributed by atoms with Gasteiger partial charge in [-0.3, -0.25) is 14.1 Å². The van der Waals surface area contributed by atoms with Gasteiger partial charge in [0.1, 0.15) is 6.10 Å². The Labute approximate surface area is 236 Å². The lowest BCUT2D eigenvalue weighted by Crippen LogP contribution is -2.41. The molecule has 2 aromatic rings. The summed E-state index contributed by atoms with van der Waals surface area (Å²) in [6.45, 7) is 3.80. The minimum absolute atomic E-state index is 0.177. The van der Waals surface area contributed by atoms with Crippen LogP contribution in [-0.2, 0) is 38.7 Å². The highest BCUT2D eigenvalue weighted by Gasteiger charge is 2.42. The summed E-state index contributed by atoms with van der Waals surface area (Å²) in [4.78, 5) is 24.0. The number of esters is 1. The number of benzene rings is 1. The van der Waals surface area contributed by atoms with Crippen molar-refractivity contribution < 1.29 is 40.5 Å². The Morgan fingerprint density at radius 2 is 1.88 bits per heavy atom. The van der Waals surface area contributed by atoms with E-state index in [4.69, 9.17) is 20.8 Å². The first kappa shape index (κ1) is 32.3. The number of hydrogen-bond acceptors (Lipinski definition) is 8. The monoisotopic (exact) mass is 603 g/mol. The number of nitrogens with one attached hydrogen (secondary N) is 1. The highest BCUT2D eigenvalue weighted by molar-refractivity contribution is 7.85. The number of nitrogens with two attached hydrogens (primary N) is 2. The first-order valence-corrected chi connectivity index (χ1v) is 14.9. The smallest absolute Gasteiger partial charge is 0.435 e. The molecule has 1 aromatic heterocycles. The Morgan fingerprint density at radius 3 is 2.46 bits per heavy atom. The molecule has 0 radical (unpaired) electrons. The largest absolute Gasteiger partial charge is 0.459 e. The number of rotatable bonds is 6. The molecule has 6 N–H and O–H groups in total. The van der Waals surface area contributed by atoms with E-state index >= 15 is 0 Å². The summed E-state index contributed by atoms with van der Waals surface area (Å²) in [6.07, 6.45) is 0.112. The third-order valence-corrected chi connectivity index (χ3v) is 7.06. The number of aromatic nitrogens is 2. The molecule has 41 heavy (non-hydrogen) atoms. The SMILES string of the molecule is CC1(C)CCc2c(C(F)(F)F)nn(-c3ccc(C(N)=O)c(NC4CCCCC4OC(=O)CN)c3)c2C1.CS(=O)(=O)O. The molecule has 4 rings (SSSR count). The quantitative estimate of drug-likeness (QED) is 0.285. The summed E-state index contributed by atoms with van der Waals surface area (Å²) < 4.78 is 74.2. The van der Waals surface area contributed by atoms with Crippen molar-refractivity contribution in [2.45, 2.75) is 77.1 Å². The lowest BCUT2D eigenvalue weighted by Gasteiger charge is -2.33. The minimum Gasteiger partial charge on any atom is -0.459 e. The predicted octanol–water partition coefficient (Wildman–Crippen LogP) is 3.23. The van der Waals surface area contributed by atoms with Gasteiger partial charge in [-0.15, -0.1) is 0 Å². The van der Waals surface area contributed by atoms with Gasteiger partial charge in [0.15, 0.2) is 5.69 Å². The molecule has 1 heterocycles. The first-order chi connectivity index (χ1) is 18.9. The summed E-state index contributed by atoms with van der Waals surface area (Å²) in [7, 11) is -3.67. The standard InChI is InChI=1S/C25H32F3N5O3.CH4O3S/c1-24(2)10-9-16-19(12-24)33(32-22(16)25(26,27)28)14-7-8-15(23(30)35)18(11-14)31-17-5-3-4-6-20(17)36-21(34)13-29;1-5(2,3)4/h7-8,11,17,20,31H,3-6,9-10,12-13,29H2,1-2H3,(H2,30,35);1H3,(H,2,3,4). The van der Waals surface area contributed by atoms with Gasteiger partial charge in [0.05, 0.1) is 30.1 Å². The Morgan fingerprint density at radius 1 is 1.24 bits per heavy atom. The van der Waals surface area contributed by atoms with Crippen LogP contribution in [0.25, 0.3) is 5.69 Å². The molecule has 1 amide bonds. The van der Waals surface area contributed by atoms with E-state index in [0.717, 1.165) is 12.8 Å². The van der Waals surface area contributed by atoms with Gasteiger partial charge < -0.3 is 21.5 Å². The van der Waals surface area contributed by atoms with Crippen LogP contribution in [0.5, 0.6) is 0 Å². The van der Waals surface area contributed by atoms with Crippen molar-refractivity contribution in [3.8, 4) is 5.69 Å². The average molecular weight is 604 g/mol. The molecular formula is C26H36F3N5O6S. The lowest BCUT2D eigenvalue weighted by molar-refractivity contribution is -0.149.